The van der Waals surface area contributed by atoms with Crippen molar-refractivity contribution in [3.63, 3.8) is 0 Å². The first-order chi connectivity index (χ1) is 7.06. The Morgan fingerprint density at radius 2 is 1.93 bits per heavy atom. The lowest BCUT2D eigenvalue weighted by atomic mass is 10.1. The van der Waals surface area contributed by atoms with Crippen LogP contribution < -0.4 is 4.90 Å². The molecule has 1 N–H and O–H groups in total. The van der Waals surface area contributed by atoms with Crippen LogP contribution in [-0.2, 0) is 10.2 Å². The van der Waals surface area contributed by atoms with Crippen LogP contribution in [0.15, 0.2) is 12.4 Å². The Balaban J connectivity index is 2.28. The van der Waals surface area contributed by atoms with Gasteiger partial charge in [0.1, 0.15) is 11.2 Å². The zero-order chi connectivity index (χ0) is 11.1. The molecule has 15 heavy (non-hydrogen) atoms. The van der Waals surface area contributed by atoms with Gasteiger partial charge >= 0.3 is 5.97 Å². The molecule has 5 nitrogen and oxygen atoms in total. The number of aromatic nitrogens is 2. The molecule has 0 radical (unpaired) electrons. The predicted octanol–water partition coefficient (Wildman–Crippen LogP) is 0.659. The Morgan fingerprint density at radius 3 is 2.27 bits per heavy atom. The highest BCUT2D eigenvalue weighted by molar-refractivity contribution is 5.83. The van der Waals surface area contributed by atoms with E-state index in [1.54, 1.807) is 12.4 Å². The molecule has 0 spiro atoms. The van der Waals surface area contributed by atoms with Crippen molar-refractivity contribution in [1.29, 1.82) is 0 Å². The first-order valence-corrected chi connectivity index (χ1v) is 4.79. The van der Waals surface area contributed by atoms with Crippen molar-refractivity contribution in [3.05, 3.63) is 18.2 Å². The van der Waals surface area contributed by atoms with Crippen molar-refractivity contribution in [2.75, 3.05) is 19.0 Å². The number of carboxylic acid groups (broad SMARTS) is 1. The molecular weight excluding hydrogens is 194 g/mol. The van der Waals surface area contributed by atoms with Crippen LogP contribution in [0.25, 0.3) is 0 Å². The second-order valence-electron chi connectivity index (χ2n) is 4.05. The fourth-order valence-electron chi connectivity index (χ4n) is 1.46. The topological polar surface area (TPSA) is 66.3 Å². The summed E-state index contributed by atoms with van der Waals surface area (Å²) in [6.07, 6.45) is 4.60. The van der Waals surface area contributed by atoms with Crippen LogP contribution >= 0.6 is 0 Å². The van der Waals surface area contributed by atoms with Crippen LogP contribution in [0.4, 0.5) is 5.69 Å². The molecule has 1 aliphatic rings. The van der Waals surface area contributed by atoms with Crippen molar-refractivity contribution in [1.82, 2.24) is 9.97 Å². The standard InChI is InChI=1S/C10H13N3O2/c1-13(2)7-5-11-8(12-6-7)10(3-4-10)9(14)15/h5-6H,3-4H2,1-2H3,(H,14,15). The van der Waals surface area contributed by atoms with Gasteiger partial charge in [0.25, 0.3) is 0 Å². The summed E-state index contributed by atoms with van der Waals surface area (Å²) in [7, 11) is 3.78. The largest absolute Gasteiger partial charge is 0.480 e. The predicted molar refractivity (Wildman–Crippen MR) is 54.9 cm³/mol. The highest BCUT2D eigenvalue weighted by Crippen LogP contribution is 2.46. The lowest BCUT2D eigenvalue weighted by molar-refractivity contribution is -0.140. The number of rotatable bonds is 3. The minimum absolute atomic E-state index is 0.431. The maximum absolute atomic E-state index is 11.0. The van der Waals surface area contributed by atoms with Gasteiger partial charge in [0.05, 0.1) is 18.1 Å². The number of carbonyl (C=O) groups is 1. The SMILES string of the molecule is CN(C)c1cnc(C2(C(=O)O)CC2)nc1. The fraction of sp³-hybridized carbons (Fsp3) is 0.500. The average Bonchev–Trinajstić information content (AvgIpc) is 2.98. The Bertz CT molecular complexity index is 382. The number of anilines is 1. The fourth-order valence-corrected chi connectivity index (χ4v) is 1.46. The van der Waals surface area contributed by atoms with Crippen LogP contribution in [0.1, 0.15) is 18.7 Å². The first kappa shape index (κ1) is 9.89. The van der Waals surface area contributed by atoms with Gasteiger partial charge in [0.15, 0.2) is 0 Å². The second kappa shape index (κ2) is 3.18. The van der Waals surface area contributed by atoms with E-state index in [4.69, 9.17) is 5.11 Å². The molecule has 0 bridgehead atoms. The molecule has 1 saturated carbocycles. The van der Waals surface area contributed by atoms with Gasteiger partial charge in [-0.15, -0.1) is 0 Å². The van der Waals surface area contributed by atoms with Crippen molar-refractivity contribution in [3.8, 4) is 0 Å². The third-order valence-electron chi connectivity index (χ3n) is 2.74. The summed E-state index contributed by atoms with van der Waals surface area (Å²) in [5.74, 6) is -0.388. The summed E-state index contributed by atoms with van der Waals surface area (Å²) in [4.78, 5) is 21.1. The normalized spacial score (nSPS) is 17.2. The molecule has 80 valence electrons. The van der Waals surface area contributed by atoms with E-state index < -0.39 is 11.4 Å². The van der Waals surface area contributed by atoms with E-state index in [9.17, 15) is 4.79 Å². The molecule has 1 aromatic heterocycles. The monoisotopic (exact) mass is 207 g/mol. The maximum Gasteiger partial charge on any atom is 0.317 e. The number of hydrogen-bond acceptors (Lipinski definition) is 4. The van der Waals surface area contributed by atoms with Crippen LogP contribution in [0.3, 0.4) is 0 Å². The van der Waals surface area contributed by atoms with E-state index >= 15 is 0 Å². The number of hydrogen-bond donors (Lipinski definition) is 1. The summed E-state index contributed by atoms with van der Waals surface area (Å²) in [6, 6.07) is 0. The van der Waals surface area contributed by atoms with Gasteiger partial charge in [-0.05, 0) is 12.8 Å². The molecule has 0 saturated heterocycles. The Hall–Kier alpha value is -1.65. The summed E-state index contributed by atoms with van der Waals surface area (Å²) < 4.78 is 0. The Morgan fingerprint density at radius 1 is 1.40 bits per heavy atom. The van der Waals surface area contributed by atoms with Crippen molar-refractivity contribution in [2.45, 2.75) is 18.3 Å². The van der Waals surface area contributed by atoms with Crippen LogP contribution in [0.2, 0.25) is 0 Å². The smallest absolute Gasteiger partial charge is 0.317 e. The van der Waals surface area contributed by atoms with E-state index in [1.165, 1.54) is 0 Å². The molecule has 0 aliphatic heterocycles. The minimum Gasteiger partial charge on any atom is -0.480 e. The second-order valence-corrected chi connectivity index (χ2v) is 4.05. The lowest BCUT2D eigenvalue weighted by Gasteiger charge is -2.13. The molecule has 2 rings (SSSR count). The van der Waals surface area contributed by atoms with Gasteiger partial charge in [-0.1, -0.05) is 0 Å². The molecule has 1 aromatic rings. The lowest BCUT2D eigenvalue weighted by Crippen LogP contribution is -2.22. The van der Waals surface area contributed by atoms with Crippen molar-refractivity contribution < 1.29 is 9.90 Å². The van der Waals surface area contributed by atoms with Gasteiger partial charge in [-0.3, -0.25) is 4.79 Å². The van der Waals surface area contributed by atoms with E-state index in [-0.39, 0.29) is 0 Å². The molecule has 1 aliphatic carbocycles. The summed E-state index contributed by atoms with van der Waals surface area (Å²) >= 11 is 0. The van der Waals surface area contributed by atoms with Gasteiger partial charge in [0.2, 0.25) is 0 Å². The van der Waals surface area contributed by atoms with Crippen molar-refractivity contribution in [2.24, 2.45) is 0 Å². The molecule has 1 fully saturated rings. The van der Waals surface area contributed by atoms with E-state index in [0.29, 0.717) is 18.7 Å². The van der Waals surface area contributed by atoms with Crippen molar-refractivity contribution >= 4 is 11.7 Å². The molecule has 1 heterocycles. The van der Waals surface area contributed by atoms with Gasteiger partial charge in [-0.2, -0.15) is 0 Å². The third kappa shape index (κ3) is 1.54. The van der Waals surface area contributed by atoms with Crippen LogP contribution in [0.5, 0.6) is 0 Å². The first-order valence-electron chi connectivity index (χ1n) is 4.79. The quantitative estimate of drug-likeness (QED) is 0.788. The summed E-state index contributed by atoms with van der Waals surface area (Å²) in [5.41, 5.74) is 0.0742. The molecule has 5 heteroatoms. The number of nitrogens with zero attached hydrogens (tertiary/aromatic N) is 3. The zero-order valence-corrected chi connectivity index (χ0v) is 8.77. The van der Waals surface area contributed by atoms with E-state index in [1.807, 2.05) is 19.0 Å². The van der Waals surface area contributed by atoms with E-state index in [2.05, 4.69) is 9.97 Å². The minimum atomic E-state index is -0.819. The molecule has 0 amide bonds. The van der Waals surface area contributed by atoms with Gasteiger partial charge in [0, 0.05) is 14.1 Å². The number of carboxylic acids is 1. The van der Waals surface area contributed by atoms with E-state index in [0.717, 1.165) is 5.69 Å². The number of aliphatic carboxylic acids is 1. The molecule has 0 atom stereocenters. The van der Waals surface area contributed by atoms with Gasteiger partial charge < -0.3 is 10.0 Å². The molecular formula is C10H13N3O2. The Labute approximate surface area is 87.8 Å². The Kier molecular flexibility index (Phi) is 2.10. The highest BCUT2D eigenvalue weighted by atomic mass is 16.4. The van der Waals surface area contributed by atoms with Crippen LogP contribution in [-0.4, -0.2) is 35.1 Å². The maximum atomic E-state index is 11.0. The molecule has 0 aromatic carbocycles. The third-order valence-corrected chi connectivity index (χ3v) is 2.74. The highest BCUT2D eigenvalue weighted by Gasteiger charge is 2.54. The molecule has 0 unspecified atom stereocenters. The summed E-state index contributed by atoms with van der Waals surface area (Å²) in [5, 5.41) is 9.05. The summed E-state index contributed by atoms with van der Waals surface area (Å²) in [6.45, 7) is 0. The van der Waals surface area contributed by atoms with Gasteiger partial charge in [-0.25, -0.2) is 9.97 Å². The van der Waals surface area contributed by atoms with Crippen LogP contribution in [0, 0.1) is 0 Å². The zero-order valence-electron chi connectivity index (χ0n) is 8.77. The average molecular weight is 207 g/mol.